The molecule has 0 aliphatic heterocycles. The Morgan fingerprint density at radius 3 is 1.57 bits per heavy atom. The topological polar surface area (TPSA) is 84.2 Å². The number of phenolic OH excluding ortho intramolecular Hbond substituents is 2. The maximum atomic E-state index is 9.82. The van der Waals surface area contributed by atoms with E-state index in [1.54, 1.807) is 41.3 Å². The third-order valence-corrected chi connectivity index (χ3v) is 3.75. The number of phenols is 2. The number of hydrogen-bond donors (Lipinski definition) is 4. The van der Waals surface area contributed by atoms with E-state index in [9.17, 15) is 20.0 Å². The van der Waals surface area contributed by atoms with E-state index in [4.69, 9.17) is 0 Å². The molecular weight excluding hydrogens is 289 g/mol. The number of hydrogen-bond acceptors (Lipinski definition) is 5. The van der Waals surface area contributed by atoms with Gasteiger partial charge in [0.2, 0.25) is 0 Å². The van der Waals surface area contributed by atoms with Crippen molar-refractivity contribution in [3.8, 4) is 11.5 Å². The maximum Gasteiger partial charge on any atom is 0.180 e. The van der Waals surface area contributed by atoms with Crippen molar-refractivity contribution < 1.29 is 20.0 Å². The zero-order valence-corrected chi connectivity index (χ0v) is 12.3. The second kappa shape index (κ2) is 7.38. The molecule has 5 nitrogen and oxygen atoms in total. The smallest absolute Gasteiger partial charge is 0.180 e. The summed E-state index contributed by atoms with van der Waals surface area (Å²) < 4.78 is 0. The predicted octanol–water partition coefficient (Wildman–Crippen LogP) is 2.35. The molecule has 112 valence electrons. The van der Waals surface area contributed by atoms with Crippen LogP contribution in [0.1, 0.15) is 11.1 Å². The Morgan fingerprint density at radius 1 is 0.762 bits per heavy atom. The highest BCUT2D eigenvalue weighted by Crippen LogP contribution is 2.29. The van der Waals surface area contributed by atoms with Crippen LogP contribution in [0.3, 0.4) is 0 Å². The van der Waals surface area contributed by atoms with Crippen molar-refractivity contribution in [3.05, 3.63) is 59.7 Å². The van der Waals surface area contributed by atoms with Crippen LogP contribution in [0.5, 0.6) is 11.5 Å². The maximum absolute atomic E-state index is 9.82. The molecule has 0 atom stereocenters. The minimum atomic E-state index is -2.09. The minimum Gasteiger partial charge on any atom is -0.508 e. The highest BCUT2D eigenvalue weighted by molar-refractivity contribution is 7.44. The fourth-order valence-corrected chi connectivity index (χ4v) is 2.66. The Bertz CT molecular complexity index is 544. The van der Waals surface area contributed by atoms with Gasteiger partial charge in [0.1, 0.15) is 11.5 Å². The Morgan fingerprint density at radius 2 is 1.19 bits per heavy atom. The first-order valence-electron chi connectivity index (χ1n) is 6.47. The Kier molecular flexibility index (Phi) is 5.53. The second-order valence-corrected chi connectivity index (χ2v) is 5.79. The van der Waals surface area contributed by atoms with Crippen LogP contribution in [-0.4, -0.2) is 31.2 Å². The molecule has 0 unspecified atom stereocenters. The van der Waals surface area contributed by atoms with E-state index < -0.39 is 8.38 Å². The highest BCUT2D eigenvalue weighted by atomic mass is 31.2. The predicted molar refractivity (Wildman–Crippen MR) is 81.7 cm³/mol. The number of benzene rings is 2. The van der Waals surface area contributed by atoms with Crippen molar-refractivity contribution in [2.45, 2.75) is 13.1 Å². The van der Waals surface area contributed by atoms with Crippen LogP contribution in [0.25, 0.3) is 0 Å². The molecule has 2 aromatic carbocycles. The molecule has 0 saturated heterocycles. The van der Waals surface area contributed by atoms with Crippen LogP contribution in [0.4, 0.5) is 0 Å². The summed E-state index contributed by atoms with van der Waals surface area (Å²) in [7, 11) is -2.09. The Hall–Kier alpha value is -1.65. The summed E-state index contributed by atoms with van der Waals surface area (Å²) in [6.07, 6.45) is 0.0814. The average Bonchev–Trinajstić information content (AvgIpc) is 2.43. The molecule has 0 heterocycles. The van der Waals surface area contributed by atoms with Crippen molar-refractivity contribution in [2.75, 3.05) is 6.29 Å². The Labute approximate surface area is 124 Å². The first-order chi connectivity index (χ1) is 10.1. The van der Waals surface area contributed by atoms with Gasteiger partial charge in [0, 0.05) is 24.2 Å². The molecular formula is C15H18NO4P. The van der Waals surface area contributed by atoms with Crippen molar-refractivity contribution in [1.82, 2.24) is 4.90 Å². The van der Waals surface area contributed by atoms with E-state index in [-0.39, 0.29) is 17.8 Å². The van der Waals surface area contributed by atoms with E-state index in [2.05, 4.69) is 0 Å². The van der Waals surface area contributed by atoms with E-state index in [0.717, 1.165) is 0 Å². The molecule has 0 radical (unpaired) electrons. The van der Waals surface area contributed by atoms with Crippen molar-refractivity contribution in [3.63, 3.8) is 0 Å². The van der Waals surface area contributed by atoms with Gasteiger partial charge >= 0.3 is 0 Å². The lowest BCUT2D eigenvalue weighted by Crippen LogP contribution is -2.23. The van der Waals surface area contributed by atoms with E-state index >= 15 is 0 Å². The zero-order chi connectivity index (χ0) is 15.2. The molecule has 0 amide bonds. The summed E-state index contributed by atoms with van der Waals surface area (Å²) in [5.74, 6) is 0.333. The third-order valence-electron chi connectivity index (χ3n) is 3.10. The summed E-state index contributed by atoms with van der Waals surface area (Å²) in [6.45, 7) is 0.724. The summed E-state index contributed by atoms with van der Waals surface area (Å²) in [5, 5.41) is 19.6. The minimum absolute atomic E-state index is 0.0814. The van der Waals surface area contributed by atoms with Crippen LogP contribution in [0.15, 0.2) is 48.5 Å². The highest BCUT2D eigenvalue weighted by Gasteiger charge is 2.14. The van der Waals surface area contributed by atoms with Crippen molar-refractivity contribution in [1.29, 1.82) is 0 Å². The van der Waals surface area contributed by atoms with Gasteiger partial charge < -0.3 is 20.0 Å². The molecule has 0 bridgehead atoms. The third kappa shape index (κ3) is 4.69. The number of para-hydroxylation sites is 2. The van der Waals surface area contributed by atoms with Gasteiger partial charge in [0.05, 0.1) is 6.29 Å². The average molecular weight is 307 g/mol. The molecule has 0 saturated carbocycles. The SMILES string of the molecule is Oc1ccccc1CN(Cc1ccccc1O)CP(O)O. The molecule has 0 aliphatic rings. The molecule has 0 spiro atoms. The first-order valence-corrected chi connectivity index (χ1v) is 7.91. The van der Waals surface area contributed by atoms with Crippen molar-refractivity contribution >= 4 is 8.38 Å². The van der Waals surface area contributed by atoms with Crippen molar-refractivity contribution in [2.24, 2.45) is 0 Å². The number of nitrogens with zero attached hydrogens (tertiary/aromatic N) is 1. The fourth-order valence-electron chi connectivity index (χ4n) is 2.11. The van der Waals surface area contributed by atoms with Gasteiger partial charge in [-0.25, -0.2) is 0 Å². The lowest BCUT2D eigenvalue weighted by atomic mass is 10.1. The van der Waals surface area contributed by atoms with Gasteiger partial charge in [-0.15, -0.1) is 0 Å². The summed E-state index contributed by atoms with van der Waals surface area (Å²) >= 11 is 0. The number of aromatic hydroxyl groups is 2. The van der Waals surface area contributed by atoms with Gasteiger partial charge in [-0.2, -0.15) is 0 Å². The number of rotatable bonds is 6. The molecule has 0 fully saturated rings. The summed E-state index contributed by atoms with van der Waals surface area (Å²) in [5.41, 5.74) is 1.40. The quantitative estimate of drug-likeness (QED) is 0.616. The summed E-state index contributed by atoms with van der Waals surface area (Å²) in [4.78, 5) is 20.3. The zero-order valence-electron chi connectivity index (χ0n) is 11.4. The van der Waals surface area contributed by atoms with Gasteiger partial charge in [-0.1, -0.05) is 36.4 Å². The molecule has 2 aromatic rings. The summed E-state index contributed by atoms with van der Waals surface area (Å²) in [6, 6.07) is 13.8. The van der Waals surface area contributed by atoms with Crippen LogP contribution in [0.2, 0.25) is 0 Å². The van der Waals surface area contributed by atoms with E-state index in [1.807, 2.05) is 12.1 Å². The van der Waals surface area contributed by atoms with E-state index in [1.165, 1.54) is 0 Å². The molecule has 6 heteroatoms. The first kappa shape index (κ1) is 15.7. The molecule has 0 aromatic heterocycles. The second-order valence-electron chi connectivity index (χ2n) is 4.76. The van der Waals surface area contributed by atoms with Gasteiger partial charge in [0.15, 0.2) is 8.38 Å². The molecule has 21 heavy (non-hydrogen) atoms. The molecule has 4 N–H and O–H groups in total. The van der Waals surface area contributed by atoms with Crippen LogP contribution >= 0.6 is 8.38 Å². The largest absolute Gasteiger partial charge is 0.508 e. The molecule has 0 aliphatic carbocycles. The fraction of sp³-hybridized carbons (Fsp3) is 0.200. The normalized spacial score (nSPS) is 11.2. The van der Waals surface area contributed by atoms with Crippen LogP contribution in [0, 0.1) is 0 Å². The lowest BCUT2D eigenvalue weighted by Gasteiger charge is -2.23. The van der Waals surface area contributed by atoms with E-state index in [0.29, 0.717) is 24.2 Å². The van der Waals surface area contributed by atoms with Crippen LogP contribution < -0.4 is 0 Å². The monoisotopic (exact) mass is 307 g/mol. The molecule has 2 rings (SSSR count). The standard InChI is InChI=1S/C15H18NO4P/c17-14-7-3-1-5-12(14)9-16(11-21(19)20)10-13-6-2-4-8-15(13)18/h1-8,17-20H,9-11H2. The Balaban J connectivity index is 2.15. The van der Waals surface area contributed by atoms with Gasteiger partial charge in [0.25, 0.3) is 0 Å². The van der Waals surface area contributed by atoms with Crippen LogP contribution in [-0.2, 0) is 13.1 Å². The lowest BCUT2D eigenvalue weighted by molar-refractivity contribution is 0.276. The van der Waals surface area contributed by atoms with Gasteiger partial charge in [-0.05, 0) is 12.1 Å². The van der Waals surface area contributed by atoms with Gasteiger partial charge in [-0.3, -0.25) is 4.90 Å².